The number of H-pyrrole nitrogens is 1. The van der Waals surface area contributed by atoms with Crippen LogP contribution < -0.4 is 20.0 Å². The number of benzene rings is 2. The van der Waals surface area contributed by atoms with Gasteiger partial charge in [0.15, 0.2) is 34.6 Å². The first-order chi connectivity index (χ1) is 21.7. The van der Waals surface area contributed by atoms with Crippen molar-refractivity contribution in [1.29, 1.82) is 0 Å². The van der Waals surface area contributed by atoms with Crippen LogP contribution in [0.4, 0.5) is 26.3 Å². The topological polar surface area (TPSA) is 114 Å². The predicted molar refractivity (Wildman–Crippen MR) is 142 cm³/mol. The van der Waals surface area contributed by atoms with E-state index in [1.54, 1.807) is 6.92 Å². The molecule has 3 heterocycles. The van der Waals surface area contributed by atoms with Crippen molar-refractivity contribution in [3.63, 3.8) is 0 Å². The molecule has 0 amide bonds. The molecule has 3 saturated carbocycles. The molecule has 3 fully saturated rings. The van der Waals surface area contributed by atoms with Gasteiger partial charge in [-0.3, -0.25) is 9.51 Å². The Labute approximate surface area is 255 Å². The second-order valence-electron chi connectivity index (χ2n) is 12.3. The van der Waals surface area contributed by atoms with Crippen molar-refractivity contribution in [3.8, 4) is 22.9 Å². The molecule has 5 aliphatic rings. The lowest BCUT2D eigenvalue weighted by atomic mass is 9.40. The van der Waals surface area contributed by atoms with Crippen LogP contribution in [0.3, 0.4) is 0 Å². The van der Waals surface area contributed by atoms with Crippen LogP contribution in [-0.2, 0) is 22.7 Å². The number of aromatic amines is 1. The third-order valence-corrected chi connectivity index (χ3v) is 9.16. The van der Waals surface area contributed by atoms with Gasteiger partial charge in [0.25, 0.3) is 0 Å². The number of ether oxygens (including phenoxy) is 4. The van der Waals surface area contributed by atoms with Gasteiger partial charge in [-0.2, -0.15) is 18.3 Å². The third kappa shape index (κ3) is 4.55. The number of hydrogen-bond acceptors (Lipinski definition) is 8. The lowest BCUT2D eigenvalue weighted by Gasteiger charge is -2.69. The lowest BCUT2D eigenvalue weighted by Crippen LogP contribution is -2.71. The molecule has 2 aromatic heterocycles. The van der Waals surface area contributed by atoms with Gasteiger partial charge in [0.05, 0.1) is 17.0 Å². The fourth-order valence-electron chi connectivity index (χ4n) is 7.20. The molecular weight excluding hydrogens is 626 g/mol. The van der Waals surface area contributed by atoms with E-state index in [9.17, 15) is 26.7 Å². The van der Waals surface area contributed by atoms with E-state index >= 15 is 4.39 Å². The van der Waals surface area contributed by atoms with Crippen molar-refractivity contribution in [2.24, 2.45) is 0 Å². The van der Waals surface area contributed by atoms with E-state index in [4.69, 9.17) is 9.47 Å². The normalized spacial score (nSPS) is 26.2. The molecule has 10 nitrogen and oxygen atoms in total. The van der Waals surface area contributed by atoms with Crippen molar-refractivity contribution < 1.29 is 49.8 Å². The summed E-state index contributed by atoms with van der Waals surface area (Å²) in [6.45, 7) is 1.55. The van der Waals surface area contributed by atoms with Crippen molar-refractivity contribution in [2.45, 2.75) is 81.1 Å². The van der Waals surface area contributed by atoms with Crippen molar-refractivity contribution >= 4 is 0 Å². The predicted octanol–water partition coefficient (Wildman–Crippen LogP) is 6.44. The average Bonchev–Trinajstić information content (AvgIpc) is 3.64. The molecular formula is C30H24F6N4O6. The minimum atomic E-state index is -4.75. The van der Waals surface area contributed by atoms with E-state index < -0.39 is 47.5 Å². The molecule has 1 N–H and O–H groups in total. The Morgan fingerprint density at radius 3 is 2.57 bits per heavy atom. The quantitative estimate of drug-likeness (QED) is 0.228. The first-order valence-corrected chi connectivity index (χ1v) is 14.5. The Bertz CT molecular complexity index is 1910. The van der Waals surface area contributed by atoms with Crippen LogP contribution in [-0.4, -0.2) is 31.8 Å². The smallest absolute Gasteiger partial charge is 0.483 e. The van der Waals surface area contributed by atoms with Gasteiger partial charge >= 0.3 is 18.2 Å². The highest BCUT2D eigenvalue weighted by Crippen LogP contribution is 2.70. The van der Waals surface area contributed by atoms with Gasteiger partial charge in [-0.1, -0.05) is 11.2 Å². The van der Waals surface area contributed by atoms with E-state index in [0.717, 1.165) is 10.7 Å². The van der Waals surface area contributed by atoms with E-state index in [1.807, 2.05) is 0 Å². The summed E-state index contributed by atoms with van der Waals surface area (Å²) in [6, 6.07) is 7.59. The molecule has 16 heteroatoms. The number of alkyl halides is 5. The number of hydrogen-bond donors (Lipinski definition) is 1. The molecule has 2 bridgehead atoms. The summed E-state index contributed by atoms with van der Waals surface area (Å²) in [5.74, 6) is -1.70. The maximum absolute atomic E-state index is 15.0. The highest BCUT2D eigenvalue weighted by Gasteiger charge is 2.72. The van der Waals surface area contributed by atoms with Crippen LogP contribution in [0.15, 0.2) is 45.7 Å². The number of aromatic nitrogens is 4. The number of halogens is 6. The van der Waals surface area contributed by atoms with Gasteiger partial charge in [0, 0.05) is 17.0 Å². The molecule has 0 saturated heterocycles. The van der Waals surface area contributed by atoms with E-state index in [-0.39, 0.29) is 46.0 Å². The fourth-order valence-corrected chi connectivity index (χ4v) is 7.20. The molecule has 0 spiro atoms. The number of nitrogens with one attached hydrogen (secondary N) is 1. The molecule has 1 aliphatic heterocycles. The molecule has 4 aromatic rings. The van der Waals surface area contributed by atoms with Crippen LogP contribution in [0.5, 0.6) is 17.2 Å². The standard InChI is InChI=1S/C30H24F6N4O6/c1-14(15-5-8-19-22(9-15)45-30(35,36)44-19)42-21-10-16(6-7-18(21)31)40-23-17(24(38-40)29(32,33)34)3-2-4-20(23)43-28-11-27(12-28,13-28)25-37-26(41)46-39-25/h5-10,14,20H,2-4,11-13H2,1H3,(H,37,39,41)/t14-,20+,27?,28?/m0/s1. The Hall–Kier alpha value is -4.47. The number of fused-ring (bicyclic) bond motifs is 2. The van der Waals surface area contributed by atoms with Crippen LogP contribution in [0.25, 0.3) is 5.69 Å². The number of rotatable bonds is 7. The molecule has 9 rings (SSSR count). The van der Waals surface area contributed by atoms with E-state index in [2.05, 4.69) is 29.2 Å². The van der Waals surface area contributed by atoms with Gasteiger partial charge in [0.2, 0.25) is 0 Å². The van der Waals surface area contributed by atoms with Gasteiger partial charge in [-0.25, -0.2) is 13.9 Å². The summed E-state index contributed by atoms with van der Waals surface area (Å²) < 4.78 is 112. The highest BCUT2D eigenvalue weighted by atomic mass is 19.4. The molecule has 4 aliphatic carbocycles. The zero-order valence-electron chi connectivity index (χ0n) is 23.9. The largest absolute Gasteiger partial charge is 0.586 e. The summed E-state index contributed by atoms with van der Waals surface area (Å²) >= 11 is 0. The fraction of sp³-hybridized carbons (Fsp3) is 0.433. The second-order valence-corrected chi connectivity index (χ2v) is 12.3. The van der Waals surface area contributed by atoms with Crippen LogP contribution in [0, 0.1) is 5.82 Å². The van der Waals surface area contributed by atoms with Crippen LogP contribution in [0.1, 0.15) is 79.6 Å². The summed E-state index contributed by atoms with van der Waals surface area (Å²) in [5, 5.41) is 7.76. The maximum Gasteiger partial charge on any atom is 0.586 e. The Morgan fingerprint density at radius 2 is 1.85 bits per heavy atom. The van der Waals surface area contributed by atoms with Crippen molar-refractivity contribution in [3.05, 3.63) is 81.1 Å². The molecule has 46 heavy (non-hydrogen) atoms. The van der Waals surface area contributed by atoms with E-state index in [1.165, 1.54) is 30.3 Å². The molecule has 2 aromatic carbocycles. The molecule has 0 unspecified atom stereocenters. The van der Waals surface area contributed by atoms with E-state index in [0.29, 0.717) is 43.5 Å². The molecule has 242 valence electrons. The first kappa shape index (κ1) is 29.0. The number of nitrogens with zero attached hydrogens (tertiary/aromatic N) is 3. The Balaban J connectivity index is 1.09. The van der Waals surface area contributed by atoms with Crippen molar-refractivity contribution in [2.75, 3.05) is 0 Å². The molecule has 2 atom stereocenters. The third-order valence-electron chi connectivity index (χ3n) is 9.16. The average molecular weight is 651 g/mol. The summed E-state index contributed by atoms with van der Waals surface area (Å²) in [7, 11) is 0. The first-order valence-electron chi connectivity index (χ1n) is 14.5. The minimum absolute atomic E-state index is 0.0169. The zero-order valence-corrected chi connectivity index (χ0v) is 23.9. The van der Waals surface area contributed by atoms with Crippen LogP contribution >= 0.6 is 0 Å². The Kier molecular flexibility index (Phi) is 6.00. The van der Waals surface area contributed by atoms with Gasteiger partial charge < -0.3 is 18.9 Å². The molecule has 0 radical (unpaired) electrons. The highest BCUT2D eigenvalue weighted by molar-refractivity contribution is 5.47. The van der Waals surface area contributed by atoms with Gasteiger partial charge in [-0.15, -0.1) is 8.78 Å². The zero-order chi connectivity index (χ0) is 32.2. The lowest BCUT2D eigenvalue weighted by molar-refractivity contribution is -0.286. The SMILES string of the molecule is C[C@H](Oc1cc(-n2nc(C(F)(F)F)c3c2[C@H](OC24CC(c5noc(=O)[nH]5)(C2)C4)CCC3)ccc1F)c1ccc2c(c1)OC(F)(F)O2. The summed E-state index contributed by atoms with van der Waals surface area (Å²) in [5.41, 5.74) is -1.30. The summed E-state index contributed by atoms with van der Waals surface area (Å²) in [4.78, 5) is 14.0. The van der Waals surface area contributed by atoms with Crippen molar-refractivity contribution in [1.82, 2.24) is 19.9 Å². The van der Waals surface area contributed by atoms with Crippen LogP contribution in [0.2, 0.25) is 0 Å². The van der Waals surface area contributed by atoms with Gasteiger partial charge in [0.1, 0.15) is 12.2 Å². The Morgan fingerprint density at radius 1 is 1.09 bits per heavy atom. The second kappa shape index (κ2) is 9.53. The maximum atomic E-state index is 15.0. The summed E-state index contributed by atoms with van der Waals surface area (Å²) in [6.07, 6.45) is -7.58. The minimum Gasteiger partial charge on any atom is -0.483 e. The van der Waals surface area contributed by atoms with Gasteiger partial charge in [-0.05, 0) is 75.3 Å². The monoisotopic (exact) mass is 650 g/mol.